The quantitative estimate of drug-likeness (QED) is 0.341. The Morgan fingerprint density at radius 3 is 2.58 bits per heavy atom. The van der Waals surface area contributed by atoms with Crippen molar-refractivity contribution in [1.82, 2.24) is 4.98 Å². The molecule has 1 radical (unpaired) electrons. The Kier molecular flexibility index (Phi) is 7.48. The number of hydrogen-bond donors (Lipinski definition) is 0. The van der Waals surface area contributed by atoms with E-state index in [2.05, 4.69) is 59.1 Å². The van der Waals surface area contributed by atoms with Crippen LogP contribution in [-0.4, -0.2) is 4.98 Å². The smallest absolute Gasteiger partial charge is 1.00 e. The van der Waals surface area contributed by atoms with Gasteiger partial charge in [-0.05, 0) is 33.5 Å². The van der Waals surface area contributed by atoms with E-state index in [4.69, 9.17) is 0 Å². The van der Waals surface area contributed by atoms with Gasteiger partial charge in [0.25, 0.3) is 0 Å². The molecular formula is C14H11BrCl2NZr. The molecule has 19 heavy (non-hydrogen) atoms. The summed E-state index contributed by atoms with van der Waals surface area (Å²) in [5.41, 5.74) is 6.14. The van der Waals surface area contributed by atoms with Gasteiger partial charge in [-0.25, -0.2) is 0 Å². The summed E-state index contributed by atoms with van der Waals surface area (Å²) in [6.07, 6.45) is 7.73. The van der Waals surface area contributed by atoms with E-state index in [0.717, 1.165) is 10.3 Å². The molecule has 97 valence electrons. The minimum atomic E-state index is 0. The van der Waals surface area contributed by atoms with Gasteiger partial charge in [-0.2, -0.15) is 17.2 Å². The first-order valence-electron chi connectivity index (χ1n) is 5.36. The first kappa shape index (κ1) is 19.3. The molecular weight excluding hydrogens is 424 g/mol. The summed E-state index contributed by atoms with van der Waals surface area (Å²) in [7, 11) is 0. The Balaban J connectivity index is 0.00000108. The normalized spacial score (nSPS) is 18.5. The van der Waals surface area contributed by atoms with Crippen LogP contribution >= 0.6 is 15.9 Å². The van der Waals surface area contributed by atoms with Crippen molar-refractivity contribution in [3.05, 3.63) is 56.9 Å². The molecule has 0 bridgehead atoms. The van der Waals surface area contributed by atoms with Gasteiger partial charge in [0.1, 0.15) is 4.60 Å². The van der Waals surface area contributed by atoms with Crippen LogP contribution in [0.1, 0.15) is 31.0 Å². The van der Waals surface area contributed by atoms with Gasteiger partial charge in [-0.15, -0.1) is 17.7 Å². The number of nitrogens with zero attached hydrogens (tertiary/aromatic N) is 1. The number of aromatic nitrogens is 1. The molecule has 0 N–H and O–H groups in total. The molecule has 0 aliphatic heterocycles. The van der Waals surface area contributed by atoms with Crippen LogP contribution in [-0.2, 0) is 26.2 Å². The molecule has 3 rings (SSSR count). The monoisotopic (exact) mass is 432 g/mol. The van der Waals surface area contributed by atoms with Crippen molar-refractivity contribution in [3.63, 3.8) is 0 Å². The maximum Gasteiger partial charge on any atom is 3.00 e. The van der Waals surface area contributed by atoms with Crippen molar-refractivity contribution >= 4 is 22.0 Å². The SMILES string of the molecule is CC1=[C-]C2=Cc3nc(Br)ccc3C(C)C2=C1.[Cl-].[Cl-].[Zr+3]. The molecule has 1 aromatic heterocycles. The molecule has 1 unspecified atom stereocenters. The van der Waals surface area contributed by atoms with Crippen LogP contribution in [0.15, 0.2) is 39.5 Å². The number of halogens is 3. The summed E-state index contributed by atoms with van der Waals surface area (Å²) >= 11 is 3.41. The van der Waals surface area contributed by atoms with Crippen molar-refractivity contribution in [2.75, 3.05) is 0 Å². The number of fused-ring (bicyclic) bond motifs is 2. The molecule has 0 aromatic carbocycles. The van der Waals surface area contributed by atoms with Crippen molar-refractivity contribution in [1.29, 1.82) is 0 Å². The predicted molar refractivity (Wildman–Crippen MR) is 68.8 cm³/mol. The fourth-order valence-electron chi connectivity index (χ4n) is 2.36. The first-order chi connectivity index (χ1) is 7.65. The summed E-state index contributed by atoms with van der Waals surface area (Å²) in [5.74, 6) is 0.417. The van der Waals surface area contributed by atoms with E-state index in [0.29, 0.717) is 5.92 Å². The molecule has 0 amide bonds. The van der Waals surface area contributed by atoms with E-state index in [1.807, 2.05) is 6.07 Å². The number of pyridine rings is 1. The average molecular weight is 435 g/mol. The van der Waals surface area contributed by atoms with Crippen molar-refractivity contribution in [2.45, 2.75) is 19.8 Å². The van der Waals surface area contributed by atoms with Gasteiger partial charge < -0.3 is 24.8 Å². The van der Waals surface area contributed by atoms with E-state index in [1.54, 1.807) is 0 Å². The fraction of sp³-hybridized carbons (Fsp3) is 0.214. The van der Waals surface area contributed by atoms with Gasteiger partial charge >= 0.3 is 26.2 Å². The van der Waals surface area contributed by atoms with Crippen LogP contribution in [0.4, 0.5) is 0 Å². The fourth-order valence-corrected chi connectivity index (χ4v) is 2.68. The van der Waals surface area contributed by atoms with E-state index < -0.39 is 0 Å². The second kappa shape index (κ2) is 7.36. The summed E-state index contributed by atoms with van der Waals surface area (Å²) in [4.78, 5) is 4.51. The Bertz CT molecular complexity index is 579. The molecule has 2 aliphatic carbocycles. The van der Waals surface area contributed by atoms with Crippen LogP contribution in [0, 0.1) is 6.08 Å². The number of allylic oxidation sites excluding steroid dienone is 5. The maximum absolute atomic E-state index is 4.51. The van der Waals surface area contributed by atoms with Crippen LogP contribution < -0.4 is 24.8 Å². The predicted octanol–water partition coefficient (Wildman–Crippen LogP) is -1.96. The largest absolute Gasteiger partial charge is 3.00 e. The number of rotatable bonds is 0. The van der Waals surface area contributed by atoms with E-state index in [1.165, 1.54) is 22.3 Å². The molecule has 1 heterocycles. The molecule has 0 fully saturated rings. The Morgan fingerprint density at radius 1 is 1.21 bits per heavy atom. The van der Waals surface area contributed by atoms with Gasteiger partial charge in [-0.3, -0.25) is 4.98 Å². The van der Waals surface area contributed by atoms with Crippen LogP contribution in [0.25, 0.3) is 6.08 Å². The Hall–Kier alpha value is 0.313. The average Bonchev–Trinajstić information content (AvgIpc) is 2.59. The zero-order valence-corrected chi connectivity index (χ0v) is 16.0. The minimum absolute atomic E-state index is 0. The second-order valence-corrected chi connectivity index (χ2v) is 5.11. The summed E-state index contributed by atoms with van der Waals surface area (Å²) in [6.45, 7) is 4.32. The molecule has 0 spiro atoms. The third-order valence-corrected chi connectivity index (χ3v) is 3.59. The van der Waals surface area contributed by atoms with Gasteiger partial charge in [0.15, 0.2) is 0 Å². The van der Waals surface area contributed by atoms with Gasteiger partial charge in [0.05, 0.1) is 0 Å². The molecule has 2 aliphatic rings. The molecule has 1 nitrogen and oxygen atoms in total. The first-order valence-corrected chi connectivity index (χ1v) is 6.15. The molecule has 1 aromatic rings. The minimum Gasteiger partial charge on any atom is -1.00 e. The maximum atomic E-state index is 4.51. The van der Waals surface area contributed by atoms with E-state index in [-0.39, 0.29) is 51.0 Å². The third kappa shape index (κ3) is 3.50. The Labute approximate surface area is 153 Å². The topological polar surface area (TPSA) is 12.9 Å². The van der Waals surface area contributed by atoms with Crippen LogP contribution in [0.2, 0.25) is 0 Å². The summed E-state index contributed by atoms with van der Waals surface area (Å²) < 4.78 is 0.890. The molecule has 1 atom stereocenters. The number of hydrogen-bond acceptors (Lipinski definition) is 1. The van der Waals surface area contributed by atoms with Crippen LogP contribution in [0.5, 0.6) is 0 Å². The summed E-state index contributed by atoms with van der Waals surface area (Å²) in [6, 6.07) is 4.16. The van der Waals surface area contributed by atoms with E-state index >= 15 is 0 Å². The Morgan fingerprint density at radius 2 is 1.89 bits per heavy atom. The van der Waals surface area contributed by atoms with Gasteiger partial charge in [0, 0.05) is 5.69 Å². The van der Waals surface area contributed by atoms with Crippen molar-refractivity contribution < 1.29 is 51.0 Å². The molecule has 0 saturated heterocycles. The van der Waals surface area contributed by atoms with Crippen molar-refractivity contribution in [3.8, 4) is 0 Å². The zero-order valence-electron chi connectivity index (χ0n) is 10.5. The molecule has 5 heteroatoms. The third-order valence-electron chi connectivity index (χ3n) is 3.15. The van der Waals surface area contributed by atoms with Gasteiger partial charge in [-0.1, -0.05) is 19.9 Å². The summed E-state index contributed by atoms with van der Waals surface area (Å²) in [5, 5.41) is 0. The zero-order chi connectivity index (χ0) is 11.3. The van der Waals surface area contributed by atoms with Crippen molar-refractivity contribution in [2.24, 2.45) is 0 Å². The van der Waals surface area contributed by atoms with Gasteiger partial charge in [0.2, 0.25) is 0 Å². The standard InChI is InChI=1S/C14H11BrN.2ClH.Zr/c1-8-5-10-7-13-11(3-4-14(15)16-13)9(2)12(10)6-8;;;/h3-4,6-7,9H,1-2H3;2*1H;/q-1;;;+3/p-2. The second-order valence-electron chi connectivity index (χ2n) is 4.30. The van der Waals surface area contributed by atoms with E-state index in [9.17, 15) is 0 Å². The molecule has 0 saturated carbocycles. The van der Waals surface area contributed by atoms with Crippen LogP contribution in [0.3, 0.4) is 0 Å².